The second-order valence-corrected chi connectivity index (χ2v) is 5.20. The van der Waals surface area contributed by atoms with E-state index in [0.29, 0.717) is 11.5 Å². The van der Waals surface area contributed by atoms with Crippen LogP contribution in [0.25, 0.3) is 11.0 Å². The molecule has 0 bridgehead atoms. The van der Waals surface area contributed by atoms with Gasteiger partial charge in [0.25, 0.3) is 5.91 Å². The molecule has 0 aliphatic carbocycles. The fourth-order valence-corrected chi connectivity index (χ4v) is 2.22. The molecule has 0 atom stereocenters. The van der Waals surface area contributed by atoms with E-state index in [2.05, 4.69) is 5.32 Å². The molecular formula is C17H10F3NO4. The molecular weight excluding hydrogens is 339 g/mol. The quantitative estimate of drug-likeness (QED) is 0.690. The van der Waals surface area contributed by atoms with E-state index in [4.69, 9.17) is 4.42 Å². The molecule has 0 spiro atoms. The minimum absolute atomic E-state index is 0.101. The molecule has 25 heavy (non-hydrogen) atoms. The number of aromatic hydroxyl groups is 1. The van der Waals surface area contributed by atoms with Crippen molar-refractivity contribution in [1.29, 1.82) is 0 Å². The highest BCUT2D eigenvalue weighted by Crippen LogP contribution is 2.29. The number of phenolic OH excluding ortho intramolecular Hbond substituents is 1. The first-order chi connectivity index (χ1) is 11.7. The minimum Gasteiger partial charge on any atom is -0.508 e. The van der Waals surface area contributed by atoms with Crippen molar-refractivity contribution in [3.8, 4) is 5.75 Å². The van der Waals surface area contributed by atoms with Crippen LogP contribution in [0.2, 0.25) is 0 Å². The largest absolute Gasteiger partial charge is 0.508 e. The number of halogens is 3. The number of phenols is 1. The van der Waals surface area contributed by atoms with E-state index in [0.717, 1.165) is 12.1 Å². The van der Waals surface area contributed by atoms with Crippen molar-refractivity contribution in [3.63, 3.8) is 0 Å². The number of hydrogen-bond donors (Lipinski definition) is 2. The molecule has 5 nitrogen and oxygen atoms in total. The summed E-state index contributed by atoms with van der Waals surface area (Å²) in [4.78, 5) is 24.0. The first kappa shape index (κ1) is 16.6. The van der Waals surface area contributed by atoms with Gasteiger partial charge in [-0.1, -0.05) is 6.07 Å². The van der Waals surface area contributed by atoms with Crippen molar-refractivity contribution in [2.24, 2.45) is 0 Å². The molecule has 0 saturated heterocycles. The van der Waals surface area contributed by atoms with Crippen LogP contribution < -0.4 is 10.9 Å². The SMILES string of the molecule is O=C(Nc1cc2ccc(O)cc2oc1=O)c1cccc(C(F)(F)F)c1. The van der Waals surface area contributed by atoms with Crippen LogP contribution in [-0.4, -0.2) is 11.0 Å². The highest BCUT2D eigenvalue weighted by atomic mass is 19.4. The number of hydrogen-bond acceptors (Lipinski definition) is 4. The predicted octanol–water partition coefficient (Wildman–Crippen LogP) is 3.77. The molecule has 8 heteroatoms. The molecule has 2 aromatic carbocycles. The Morgan fingerprint density at radius 3 is 2.56 bits per heavy atom. The second-order valence-electron chi connectivity index (χ2n) is 5.20. The lowest BCUT2D eigenvalue weighted by atomic mass is 10.1. The average molecular weight is 349 g/mol. The van der Waals surface area contributed by atoms with Crippen LogP contribution in [-0.2, 0) is 6.18 Å². The van der Waals surface area contributed by atoms with E-state index in [9.17, 15) is 27.9 Å². The molecule has 0 saturated carbocycles. The summed E-state index contributed by atoms with van der Waals surface area (Å²) in [6.07, 6.45) is -4.58. The zero-order valence-electron chi connectivity index (χ0n) is 12.4. The van der Waals surface area contributed by atoms with Crippen LogP contribution >= 0.6 is 0 Å². The lowest BCUT2D eigenvalue weighted by Gasteiger charge is -2.09. The summed E-state index contributed by atoms with van der Waals surface area (Å²) in [5.74, 6) is -0.979. The summed E-state index contributed by atoms with van der Waals surface area (Å²) < 4.78 is 43.1. The van der Waals surface area contributed by atoms with Crippen LogP contribution in [0.15, 0.2) is 57.7 Å². The number of carbonyl (C=O) groups excluding carboxylic acids is 1. The van der Waals surface area contributed by atoms with Crippen LogP contribution in [0.4, 0.5) is 18.9 Å². The topological polar surface area (TPSA) is 79.5 Å². The van der Waals surface area contributed by atoms with Crippen molar-refractivity contribution >= 4 is 22.6 Å². The number of benzene rings is 2. The maximum atomic E-state index is 12.7. The Kier molecular flexibility index (Phi) is 3.96. The summed E-state index contributed by atoms with van der Waals surface area (Å²) in [5.41, 5.74) is -2.22. The fourth-order valence-electron chi connectivity index (χ4n) is 2.22. The van der Waals surface area contributed by atoms with Gasteiger partial charge in [-0.25, -0.2) is 4.79 Å². The number of fused-ring (bicyclic) bond motifs is 1. The van der Waals surface area contributed by atoms with Gasteiger partial charge < -0.3 is 14.8 Å². The highest BCUT2D eigenvalue weighted by Gasteiger charge is 2.31. The Bertz CT molecular complexity index is 1020. The van der Waals surface area contributed by atoms with Gasteiger partial charge in [0.15, 0.2) is 0 Å². The molecule has 1 aromatic heterocycles. The van der Waals surface area contributed by atoms with Gasteiger partial charge in [0.1, 0.15) is 17.0 Å². The van der Waals surface area contributed by atoms with Crippen molar-refractivity contribution in [3.05, 3.63) is 70.1 Å². The Labute approximate surface area is 138 Å². The average Bonchev–Trinajstić information content (AvgIpc) is 2.55. The van der Waals surface area contributed by atoms with Gasteiger partial charge in [-0.05, 0) is 36.4 Å². The predicted molar refractivity (Wildman–Crippen MR) is 83.5 cm³/mol. The monoisotopic (exact) mass is 349 g/mol. The highest BCUT2D eigenvalue weighted by molar-refractivity contribution is 6.04. The van der Waals surface area contributed by atoms with Crippen molar-refractivity contribution in [1.82, 2.24) is 0 Å². The van der Waals surface area contributed by atoms with Crippen molar-refractivity contribution < 1.29 is 27.5 Å². The molecule has 0 aliphatic heterocycles. The van der Waals surface area contributed by atoms with Gasteiger partial charge in [0.2, 0.25) is 0 Å². The summed E-state index contributed by atoms with van der Waals surface area (Å²) in [7, 11) is 0. The Balaban J connectivity index is 1.93. The molecule has 1 heterocycles. The van der Waals surface area contributed by atoms with E-state index in [1.165, 1.54) is 30.3 Å². The molecule has 3 rings (SSSR count). The van der Waals surface area contributed by atoms with Crippen molar-refractivity contribution in [2.45, 2.75) is 6.18 Å². The minimum atomic E-state index is -4.58. The van der Waals surface area contributed by atoms with Crippen LogP contribution in [0, 0.1) is 0 Å². The van der Waals surface area contributed by atoms with E-state index in [-0.39, 0.29) is 22.6 Å². The summed E-state index contributed by atoms with van der Waals surface area (Å²) in [6.45, 7) is 0. The van der Waals surface area contributed by atoms with E-state index in [1.807, 2.05) is 0 Å². The van der Waals surface area contributed by atoms with Gasteiger partial charge >= 0.3 is 11.8 Å². The first-order valence-corrected chi connectivity index (χ1v) is 6.99. The Morgan fingerprint density at radius 1 is 1.08 bits per heavy atom. The number of anilines is 1. The second kappa shape index (κ2) is 5.97. The lowest BCUT2D eigenvalue weighted by molar-refractivity contribution is -0.137. The first-order valence-electron chi connectivity index (χ1n) is 6.99. The normalized spacial score (nSPS) is 11.5. The third-order valence-corrected chi connectivity index (χ3v) is 3.42. The van der Waals surface area contributed by atoms with Gasteiger partial charge in [-0.15, -0.1) is 0 Å². The van der Waals surface area contributed by atoms with Gasteiger partial charge in [0, 0.05) is 17.0 Å². The van der Waals surface area contributed by atoms with Crippen LogP contribution in [0.3, 0.4) is 0 Å². The number of alkyl halides is 3. The third kappa shape index (κ3) is 3.47. The van der Waals surface area contributed by atoms with Crippen LogP contribution in [0.1, 0.15) is 15.9 Å². The van der Waals surface area contributed by atoms with Crippen LogP contribution in [0.5, 0.6) is 5.75 Å². The zero-order chi connectivity index (χ0) is 18.2. The molecule has 0 fully saturated rings. The Hall–Kier alpha value is -3.29. The summed E-state index contributed by atoms with van der Waals surface area (Å²) in [5, 5.41) is 12.0. The molecule has 0 unspecified atom stereocenters. The zero-order valence-corrected chi connectivity index (χ0v) is 12.4. The smallest absolute Gasteiger partial charge is 0.416 e. The Morgan fingerprint density at radius 2 is 1.84 bits per heavy atom. The molecule has 0 aliphatic rings. The van der Waals surface area contributed by atoms with Crippen molar-refractivity contribution in [2.75, 3.05) is 5.32 Å². The van der Waals surface area contributed by atoms with E-state index in [1.54, 1.807) is 0 Å². The summed E-state index contributed by atoms with van der Waals surface area (Å²) >= 11 is 0. The maximum absolute atomic E-state index is 12.7. The molecule has 2 N–H and O–H groups in total. The number of nitrogens with one attached hydrogen (secondary N) is 1. The van der Waals surface area contributed by atoms with Gasteiger partial charge in [-0.3, -0.25) is 4.79 Å². The van der Waals surface area contributed by atoms with E-state index >= 15 is 0 Å². The molecule has 0 radical (unpaired) electrons. The number of carbonyl (C=O) groups is 1. The van der Waals surface area contributed by atoms with Gasteiger partial charge in [0.05, 0.1) is 5.56 Å². The number of amides is 1. The fraction of sp³-hybridized carbons (Fsp3) is 0.0588. The standard InChI is InChI=1S/C17H10F3NO4/c18-17(19,20)11-3-1-2-10(6-11)15(23)21-13-7-9-4-5-12(22)8-14(9)25-16(13)24/h1-8,22H,(H,21,23). The number of rotatable bonds is 2. The van der Waals surface area contributed by atoms with E-state index < -0.39 is 23.3 Å². The summed E-state index contributed by atoms with van der Waals surface area (Å²) in [6, 6.07) is 9.20. The molecule has 3 aromatic rings. The maximum Gasteiger partial charge on any atom is 0.416 e. The molecule has 128 valence electrons. The molecule has 1 amide bonds. The third-order valence-electron chi connectivity index (χ3n) is 3.42. The lowest BCUT2D eigenvalue weighted by Crippen LogP contribution is -2.18. The van der Waals surface area contributed by atoms with Gasteiger partial charge in [-0.2, -0.15) is 13.2 Å².